The number of methoxy groups -OCH3 is 1. The Bertz CT molecular complexity index is 343. The zero-order valence-corrected chi connectivity index (χ0v) is 10.8. The maximum absolute atomic E-state index is 13.0. The molecule has 0 bridgehead atoms. The molecule has 1 aromatic carbocycles. The summed E-state index contributed by atoms with van der Waals surface area (Å²) in [5, 5.41) is 3.27. The highest BCUT2D eigenvalue weighted by Gasteiger charge is 2.09. The second-order valence-electron chi connectivity index (χ2n) is 3.60. The smallest absolute Gasteiger partial charge is 0.159 e. The molecule has 17 heavy (non-hydrogen) atoms. The fourth-order valence-electron chi connectivity index (χ4n) is 1.42. The number of nitrogens with one attached hydrogen (secondary N) is 1. The van der Waals surface area contributed by atoms with Gasteiger partial charge in [0.05, 0.1) is 6.61 Å². The van der Waals surface area contributed by atoms with E-state index in [-0.39, 0.29) is 6.04 Å². The average Bonchev–Trinajstić information content (AvgIpc) is 2.31. The van der Waals surface area contributed by atoms with Gasteiger partial charge in [0, 0.05) is 23.8 Å². The van der Waals surface area contributed by atoms with Gasteiger partial charge < -0.3 is 10.1 Å². The van der Waals surface area contributed by atoms with E-state index in [9.17, 15) is 8.78 Å². The molecule has 0 saturated carbocycles. The molecule has 0 radical (unpaired) electrons. The van der Waals surface area contributed by atoms with Gasteiger partial charge in [-0.05, 0) is 24.7 Å². The van der Waals surface area contributed by atoms with Crippen LogP contribution in [0, 0.1) is 11.6 Å². The standard InChI is InChI=1S/C12H17F2NOS/c1-3-15-9(7-16-2)8-17-10-4-5-11(13)12(14)6-10/h4-6,9,15H,3,7-8H2,1-2H3. The highest BCUT2D eigenvalue weighted by Crippen LogP contribution is 2.21. The first kappa shape index (κ1) is 14.4. The van der Waals surface area contributed by atoms with Crippen molar-refractivity contribution in [3.63, 3.8) is 0 Å². The highest BCUT2D eigenvalue weighted by atomic mass is 32.2. The van der Waals surface area contributed by atoms with Crippen LogP contribution in [0.1, 0.15) is 6.92 Å². The Balaban J connectivity index is 2.49. The van der Waals surface area contributed by atoms with Crippen LogP contribution in [0.15, 0.2) is 23.1 Å². The minimum Gasteiger partial charge on any atom is -0.383 e. The van der Waals surface area contributed by atoms with Crippen molar-refractivity contribution >= 4 is 11.8 Å². The van der Waals surface area contributed by atoms with E-state index in [1.54, 1.807) is 13.2 Å². The monoisotopic (exact) mass is 261 g/mol. The van der Waals surface area contributed by atoms with Crippen molar-refractivity contribution in [1.29, 1.82) is 0 Å². The molecule has 5 heteroatoms. The lowest BCUT2D eigenvalue weighted by Gasteiger charge is -2.16. The van der Waals surface area contributed by atoms with Crippen molar-refractivity contribution < 1.29 is 13.5 Å². The van der Waals surface area contributed by atoms with Gasteiger partial charge in [0.25, 0.3) is 0 Å². The number of likely N-dealkylation sites (N-methyl/N-ethyl adjacent to an activating group) is 1. The van der Waals surface area contributed by atoms with Crippen LogP contribution in [-0.4, -0.2) is 32.1 Å². The molecule has 1 unspecified atom stereocenters. The zero-order chi connectivity index (χ0) is 12.7. The lowest BCUT2D eigenvalue weighted by molar-refractivity contribution is 0.174. The SMILES string of the molecule is CCNC(COC)CSc1ccc(F)c(F)c1. The second kappa shape index (κ2) is 7.63. The third-order valence-corrected chi connectivity index (χ3v) is 3.36. The van der Waals surface area contributed by atoms with Crippen LogP contribution in [0.25, 0.3) is 0 Å². The molecular formula is C12H17F2NOS. The third kappa shape index (κ3) is 5.02. The topological polar surface area (TPSA) is 21.3 Å². The van der Waals surface area contributed by atoms with Crippen molar-refractivity contribution in [3.8, 4) is 0 Å². The maximum atomic E-state index is 13.0. The molecule has 0 amide bonds. The molecule has 96 valence electrons. The number of hydrogen-bond donors (Lipinski definition) is 1. The van der Waals surface area contributed by atoms with Crippen molar-refractivity contribution in [2.75, 3.05) is 26.0 Å². The summed E-state index contributed by atoms with van der Waals surface area (Å²) in [6, 6.07) is 4.16. The van der Waals surface area contributed by atoms with Gasteiger partial charge in [0.1, 0.15) is 0 Å². The minimum absolute atomic E-state index is 0.211. The molecule has 0 aromatic heterocycles. The van der Waals surface area contributed by atoms with Crippen molar-refractivity contribution in [2.45, 2.75) is 17.9 Å². The van der Waals surface area contributed by atoms with Crippen LogP contribution in [0.2, 0.25) is 0 Å². The van der Waals surface area contributed by atoms with E-state index < -0.39 is 11.6 Å². The Morgan fingerprint density at radius 3 is 2.71 bits per heavy atom. The molecule has 2 nitrogen and oxygen atoms in total. The number of benzene rings is 1. The molecule has 1 rings (SSSR count). The molecule has 0 saturated heterocycles. The molecule has 0 spiro atoms. The largest absolute Gasteiger partial charge is 0.383 e. The Morgan fingerprint density at radius 2 is 2.12 bits per heavy atom. The molecule has 0 aliphatic carbocycles. The predicted molar refractivity (Wildman–Crippen MR) is 66.4 cm³/mol. The predicted octanol–water partition coefficient (Wildman–Crippen LogP) is 2.68. The molecule has 1 N–H and O–H groups in total. The summed E-state index contributed by atoms with van der Waals surface area (Å²) in [6.45, 7) is 3.47. The lowest BCUT2D eigenvalue weighted by Crippen LogP contribution is -2.35. The Kier molecular flexibility index (Phi) is 6.47. The highest BCUT2D eigenvalue weighted by molar-refractivity contribution is 7.99. The molecule has 0 fully saturated rings. The fourth-order valence-corrected chi connectivity index (χ4v) is 2.38. The average molecular weight is 261 g/mol. The van der Waals surface area contributed by atoms with Crippen LogP contribution in [0.3, 0.4) is 0 Å². The Hall–Kier alpha value is -0.650. The number of rotatable bonds is 7. The van der Waals surface area contributed by atoms with Gasteiger partial charge in [-0.25, -0.2) is 8.78 Å². The molecule has 0 aliphatic heterocycles. The van der Waals surface area contributed by atoms with Crippen LogP contribution < -0.4 is 5.32 Å². The van der Waals surface area contributed by atoms with Crippen LogP contribution in [0.4, 0.5) is 8.78 Å². The van der Waals surface area contributed by atoms with E-state index in [0.29, 0.717) is 6.61 Å². The third-order valence-electron chi connectivity index (χ3n) is 2.20. The van der Waals surface area contributed by atoms with E-state index in [4.69, 9.17) is 4.74 Å². The molecule has 0 heterocycles. The van der Waals surface area contributed by atoms with Gasteiger partial charge in [-0.3, -0.25) is 0 Å². The van der Waals surface area contributed by atoms with Crippen LogP contribution in [0.5, 0.6) is 0 Å². The first-order valence-electron chi connectivity index (χ1n) is 5.47. The van der Waals surface area contributed by atoms with Gasteiger partial charge in [-0.1, -0.05) is 6.92 Å². The van der Waals surface area contributed by atoms with Gasteiger partial charge in [-0.2, -0.15) is 0 Å². The molecule has 1 aromatic rings. The molecule has 1 atom stereocenters. The second-order valence-corrected chi connectivity index (χ2v) is 4.69. The van der Waals surface area contributed by atoms with Crippen LogP contribution in [-0.2, 0) is 4.74 Å². The normalized spacial score (nSPS) is 12.7. The van der Waals surface area contributed by atoms with Gasteiger partial charge >= 0.3 is 0 Å². The summed E-state index contributed by atoms with van der Waals surface area (Å²) in [5.41, 5.74) is 0. The first-order chi connectivity index (χ1) is 8.17. The van der Waals surface area contributed by atoms with Crippen molar-refractivity contribution in [2.24, 2.45) is 0 Å². The quantitative estimate of drug-likeness (QED) is 0.763. The summed E-state index contributed by atoms with van der Waals surface area (Å²) in [4.78, 5) is 0.725. The van der Waals surface area contributed by atoms with E-state index in [2.05, 4.69) is 5.32 Å². The lowest BCUT2D eigenvalue weighted by atomic mass is 10.3. The summed E-state index contributed by atoms with van der Waals surface area (Å²) < 4.78 is 30.8. The molecule has 0 aliphatic rings. The number of ether oxygens (including phenoxy) is 1. The summed E-state index contributed by atoms with van der Waals surface area (Å²) in [5.74, 6) is -0.858. The van der Waals surface area contributed by atoms with Gasteiger partial charge in [-0.15, -0.1) is 11.8 Å². The minimum atomic E-state index is -0.811. The maximum Gasteiger partial charge on any atom is 0.159 e. The van der Waals surface area contributed by atoms with E-state index in [0.717, 1.165) is 23.3 Å². The van der Waals surface area contributed by atoms with Crippen LogP contribution >= 0.6 is 11.8 Å². The van der Waals surface area contributed by atoms with E-state index in [1.165, 1.54) is 17.8 Å². The zero-order valence-electron chi connectivity index (χ0n) is 10.0. The number of thioether (sulfide) groups is 1. The van der Waals surface area contributed by atoms with Gasteiger partial charge in [0.15, 0.2) is 11.6 Å². The summed E-state index contributed by atoms with van der Waals surface area (Å²) >= 11 is 1.48. The van der Waals surface area contributed by atoms with E-state index >= 15 is 0 Å². The molecular weight excluding hydrogens is 244 g/mol. The number of halogens is 2. The van der Waals surface area contributed by atoms with Crippen molar-refractivity contribution in [3.05, 3.63) is 29.8 Å². The Labute approximate surface area is 105 Å². The number of hydrogen-bond acceptors (Lipinski definition) is 3. The van der Waals surface area contributed by atoms with E-state index in [1.807, 2.05) is 6.92 Å². The fraction of sp³-hybridized carbons (Fsp3) is 0.500. The summed E-state index contributed by atoms with van der Waals surface area (Å²) in [7, 11) is 1.65. The summed E-state index contributed by atoms with van der Waals surface area (Å²) in [6.07, 6.45) is 0. The first-order valence-corrected chi connectivity index (χ1v) is 6.46. The Morgan fingerprint density at radius 1 is 1.35 bits per heavy atom. The van der Waals surface area contributed by atoms with Crippen molar-refractivity contribution in [1.82, 2.24) is 5.32 Å². The van der Waals surface area contributed by atoms with Gasteiger partial charge in [0.2, 0.25) is 0 Å².